The van der Waals surface area contributed by atoms with Crippen LogP contribution < -0.4 is 4.74 Å². The Bertz CT molecular complexity index is 611. The standard InChI is InChI=1S/C16H18O4/c1-10(2)13-5-4-12(8-11(13)3)20-9-15-14(16(17)18)6-7-19-15/h4-8,10H,9H2,1-3H3,(H,17,18). The van der Waals surface area contributed by atoms with E-state index in [0.717, 1.165) is 5.56 Å². The normalized spacial score (nSPS) is 10.8. The lowest BCUT2D eigenvalue weighted by Gasteiger charge is -2.12. The van der Waals surface area contributed by atoms with Crippen molar-refractivity contribution in [1.82, 2.24) is 0 Å². The SMILES string of the molecule is Cc1cc(OCc2occc2C(=O)O)ccc1C(C)C. The molecule has 1 N–H and O–H groups in total. The Balaban J connectivity index is 2.09. The minimum Gasteiger partial charge on any atom is -0.486 e. The molecule has 0 aliphatic rings. The van der Waals surface area contributed by atoms with E-state index in [9.17, 15) is 4.79 Å². The lowest BCUT2D eigenvalue weighted by atomic mass is 9.98. The third-order valence-electron chi connectivity index (χ3n) is 3.21. The summed E-state index contributed by atoms with van der Waals surface area (Å²) in [7, 11) is 0. The van der Waals surface area contributed by atoms with Crippen LogP contribution in [0.15, 0.2) is 34.9 Å². The van der Waals surface area contributed by atoms with Crippen molar-refractivity contribution in [3.8, 4) is 5.75 Å². The molecule has 20 heavy (non-hydrogen) atoms. The average Bonchev–Trinajstić information content (AvgIpc) is 2.84. The van der Waals surface area contributed by atoms with E-state index in [4.69, 9.17) is 14.3 Å². The van der Waals surface area contributed by atoms with Gasteiger partial charge in [-0.05, 0) is 42.2 Å². The van der Waals surface area contributed by atoms with Crippen LogP contribution in [0, 0.1) is 6.92 Å². The van der Waals surface area contributed by atoms with Crippen LogP contribution in [0.5, 0.6) is 5.75 Å². The molecule has 0 saturated heterocycles. The molecule has 0 aliphatic heterocycles. The van der Waals surface area contributed by atoms with Gasteiger partial charge in [0.15, 0.2) is 5.76 Å². The Kier molecular flexibility index (Phi) is 4.13. The molecule has 1 aromatic heterocycles. The summed E-state index contributed by atoms with van der Waals surface area (Å²) in [4.78, 5) is 11.0. The number of carboxylic acid groups (broad SMARTS) is 1. The first-order chi connectivity index (χ1) is 9.49. The van der Waals surface area contributed by atoms with Gasteiger partial charge in [-0.1, -0.05) is 19.9 Å². The predicted molar refractivity (Wildman–Crippen MR) is 75.3 cm³/mol. The average molecular weight is 274 g/mol. The number of hydrogen-bond acceptors (Lipinski definition) is 3. The highest BCUT2D eigenvalue weighted by Gasteiger charge is 2.14. The number of benzene rings is 1. The van der Waals surface area contributed by atoms with E-state index < -0.39 is 5.97 Å². The summed E-state index contributed by atoms with van der Waals surface area (Å²) in [5.41, 5.74) is 2.58. The number of ether oxygens (including phenoxy) is 1. The maximum atomic E-state index is 11.0. The molecule has 0 fully saturated rings. The Morgan fingerprint density at radius 3 is 2.70 bits per heavy atom. The van der Waals surface area contributed by atoms with Gasteiger partial charge in [0.25, 0.3) is 0 Å². The fourth-order valence-corrected chi connectivity index (χ4v) is 2.18. The molecule has 0 spiro atoms. The number of carboxylic acids is 1. The van der Waals surface area contributed by atoms with Crippen molar-refractivity contribution in [3.63, 3.8) is 0 Å². The maximum Gasteiger partial charge on any atom is 0.339 e. The van der Waals surface area contributed by atoms with Gasteiger partial charge in [0.2, 0.25) is 0 Å². The summed E-state index contributed by atoms with van der Waals surface area (Å²) in [5, 5.41) is 8.98. The van der Waals surface area contributed by atoms with Crippen LogP contribution in [0.3, 0.4) is 0 Å². The molecule has 0 bridgehead atoms. The van der Waals surface area contributed by atoms with Crippen molar-refractivity contribution >= 4 is 5.97 Å². The monoisotopic (exact) mass is 274 g/mol. The summed E-state index contributed by atoms with van der Waals surface area (Å²) in [6.45, 7) is 6.43. The summed E-state index contributed by atoms with van der Waals surface area (Å²) in [6, 6.07) is 7.31. The number of aromatic carboxylic acids is 1. The van der Waals surface area contributed by atoms with Gasteiger partial charge >= 0.3 is 5.97 Å². The van der Waals surface area contributed by atoms with Crippen LogP contribution in [-0.4, -0.2) is 11.1 Å². The van der Waals surface area contributed by atoms with Crippen molar-refractivity contribution in [2.45, 2.75) is 33.3 Å². The zero-order valence-electron chi connectivity index (χ0n) is 11.8. The third kappa shape index (κ3) is 3.02. The van der Waals surface area contributed by atoms with Gasteiger partial charge in [0.05, 0.1) is 6.26 Å². The van der Waals surface area contributed by atoms with E-state index in [1.165, 1.54) is 17.9 Å². The van der Waals surface area contributed by atoms with E-state index in [0.29, 0.717) is 17.4 Å². The molecule has 1 aromatic carbocycles. The molecule has 0 saturated carbocycles. The van der Waals surface area contributed by atoms with Crippen molar-refractivity contribution in [2.75, 3.05) is 0 Å². The molecule has 0 aliphatic carbocycles. The number of furan rings is 1. The largest absolute Gasteiger partial charge is 0.486 e. The molecular formula is C16H18O4. The number of hydrogen-bond donors (Lipinski definition) is 1. The van der Waals surface area contributed by atoms with E-state index in [-0.39, 0.29) is 12.2 Å². The lowest BCUT2D eigenvalue weighted by Crippen LogP contribution is -2.03. The van der Waals surface area contributed by atoms with Gasteiger partial charge in [-0.2, -0.15) is 0 Å². The summed E-state index contributed by atoms with van der Waals surface area (Å²) in [6.07, 6.45) is 1.36. The minimum atomic E-state index is -1.01. The predicted octanol–water partition coefficient (Wildman–Crippen LogP) is 3.99. The zero-order chi connectivity index (χ0) is 14.7. The van der Waals surface area contributed by atoms with Crippen LogP contribution in [0.1, 0.15) is 47.0 Å². The highest BCUT2D eigenvalue weighted by Crippen LogP contribution is 2.24. The topological polar surface area (TPSA) is 59.7 Å². The Morgan fingerprint density at radius 1 is 1.35 bits per heavy atom. The molecule has 0 unspecified atom stereocenters. The third-order valence-corrected chi connectivity index (χ3v) is 3.21. The highest BCUT2D eigenvalue weighted by atomic mass is 16.5. The lowest BCUT2D eigenvalue weighted by molar-refractivity contribution is 0.0692. The molecule has 106 valence electrons. The van der Waals surface area contributed by atoms with E-state index >= 15 is 0 Å². The molecule has 2 aromatic rings. The Morgan fingerprint density at radius 2 is 2.10 bits per heavy atom. The highest BCUT2D eigenvalue weighted by molar-refractivity contribution is 5.88. The van der Waals surface area contributed by atoms with Crippen LogP contribution >= 0.6 is 0 Å². The molecule has 1 heterocycles. The van der Waals surface area contributed by atoms with Gasteiger partial charge in [-0.3, -0.25) is 0 Å². The van der Waals surface area contributed by atoms with Crippen molar-refractivity contribution in [2.24, 2.45) is 0 Å². The minimum absolute atomic E-state index is 0.106. The van der Waals surface area contributed by atoms with Crippen molar-refractivity contribution in [1.29, 1.82) is 0 Å². The van der Waals surface area contributed by atoms with Crippen LogP contribution in [0.2, 0.25) is 0 Å². The van der Waals surface area contributed by atoms with Crippen LogP contribution in [0.4, 0.5) is 0 Å². The molecule has 4 heteroatoms. The molecule has 0 radical (unpaired) electrons. The first kappa shape index (κ1) is 14.2. The Hall–Kier alpha value is -2.23. The van der Waals surface area contributed by atoms with Gasteiger partial charge in [0.1, 0.15) is 17.9 Å². The zero-order valence-corrected chi connectivity index (χ0v) is 11.8. The Labute approximate surface area is 118 Å². The molecule has 2 rings (SSSR count). The van der Waals surface area contributed by atoms with Crippen molar-refractivity contribution < 1.29 is 19.1 Å². The van der Waals surface area contributed by atoms with E-state index in [2.05, 4.69) is 13.8 Å². The quantitative estimate of drug-likeness (QED) is 0.895. The second-order valence-electron chi connectivity index (χ2n) is 5.02. The van der Waals surface area contributed by atoms with Gasteiger partial charge in [-0.25, -0.2) is 4.79 Å². The maximum absolute atomic E-state index is 11.0. The smallest absolute Gasteiger partial charge is 0.339 e. The number of rotatable bonds is 5. The van der Waals surface area contributed by atoms with Gasteiger partial charge < -0.3 is 14.3 Å². The first-order valence-corrected chi connectivity index (χ1v) is 6.52. The molecular weight excluding hydrogens is 256 g/mol. The number of carbonyl (C=O) groups is 1. The molecule has 0 amide bonds. The second-order valence-corrected chi connectivity index (χ2v) is 5.02. The molecule has 4 nitrogen and oxygen atoms in total. The van der Waals surface area contributed by atoms with Crippen molar-refractivity contribution in [3.05, 3.63) is 53.0 Å². The second kappa shape index (κ2) is 5.82. The summed E-state index contributed by atoms with van der Waals surface area (Å²) in [5.74, 6) is 0.485. The first-order valence-electron chi connectivity index (χ1n) is 6.52. The summed E-state index contributed by atoms with van der Waals surface area (Å²) < 4.78 is 10.7. The molecule has 0 atom stereocenters. The van der Waals surface area contributed by atoms with E-state index in [1.807, 2.05) is 25.1 Å². The fraction of sp³-hybridized carbons (Fsp3) is 0.312. The van der Waals surface area contributed by atoms with Crippen LogP contribution in [0.25, 0.3) is 0 Å². The van der Waals surface area contributed by atoms with E-state index in [1.54, 1.807) is 0 Å². The van der Waals surface area contributed by atoms with Gasteiger partial charge in [-0.15, -0.1) is 0 Å². The van der Waals surface area contributed by atoms with Crippen LogP contribution in [-0.2, 0) is 6.61 Å². The van der Waals surface area contributed by atoms with Gasteiger partial charge in [0, 0.05) is 0 Å². The fourth-order valence-electron chi connectivity index (χ4n) is 2.18. The number of aryl methyl sites for hydroxylation is 1. The summed E-state index contributed by atoms with van der Waals surface area (Å²) >= 11 is 0.